The molecule has 0 radical (unpaired) electrons. The van der Waals surface area contributed by atoms with Gasteiger partial charge in [0.05, 0.1) is 23.7 Å². The molecular formula is C33H44ClF4N5O2. The number of likely N-dealkylation sites (tertiary alicyclic amines) is 1. The Morgan fingerprint density at radius 2 is 1.82 bits per heavy atom. The number of nitrogens with zero attached hydrogens (tertiary/aromatic N) is 5. The van der Waals surface area contributed by atoms with E-state index in [0.717, 1.165) is 11.8 Å². The van der Waals surface area contributed by atoms with Crippen molar-refractivity contribution in [3.05, 3.63) is 53.2 Å². The van der Waals surface area contributed by atoms with Gasteiger partial charge in [-0.05, 0) is 38.5 Å². The maximum atomic E-state index is 16.2. The summed E-state index contributed by atoms with van der Waals surface area (Å²) < 4.78 is 63.8. The van der Waals surface area contributed by atoms with E-state index in [4.69, 9.17) is 16.3 Å². The minimum atomic E-state index is -2.67. The molecule has 2 aliphatic heterocycles. The molecule has 0 bridgehead atoms. The zero-order valence-electron chi connectivity index (χ0n) is 26.9. The number of aromatic hydroxyl groups is 1. The second-order valence-corrected chi connectivity index (χ2v) is 11.1. The number of alkyl halides is 2. The maximum absolute atomic E-state index is 16.2. The van der Waals surface area contributed by atoms with Crippen LogP contribution in [-0.4, -0.2) is 82.7 Å². The van der Waals surface area contributed by atoms with E-state index in [-0.39, 0.29) is 53.3 Å². The summed E-state index contributed by atoms with van der Waals surface area (Å²) in [4.78, 5) is 14.8. The van der Waals surface area contributed by atoms with Crippen molar-refractivity contribution in [1.82, 2.24) is 19.8 Å². The van der Waals surface area contributed by atoms with Gasteiger partial charge in [0, 0.05) is 61.8 Å². The third-order valence-corrected chi connectivity index (χ3v) is 7.90. The number of aromatic nitrogens is 2. The smallest absolute Gasteiger partial charge is 0.319 e. The van der Waals surface area contributed by atoms with Crippen LogP contribution in [0.2, 0.25) is 5.02 Å². The van der Waals surface area contributed by atoms with E-state index in [0.29, 0.717) is 50.3 Å². The number of anilines is 1. The monoisotopic (exact) mass is 653 g/mol. The van der Waals surface area contributed by atoms with Gasteiger partial charge in [-0.15, -0.1) is 0 Å². The standard InChI is InChI=1S/C29H32ClF4N5O2.2C2H6/c1-17(2)39-12-11-38(15-18(39)3)27-19-14-20(30)23(24-21(31)6-4-7-22(24)40)25(32)26(19)35-28(36-27)41-13-5-9-37-10-8-29(33,34)16-37;2*1-2/h4,6-7,14,18,40H,1,5,8-13,15-16H2,2-3H3;2*1-2H3. The molecule has 45 heavy (non-hydrogen) atoms. The number of piperazine rings is 1. The second-order valence-electron chi connectivity index (χ2n) is 10.7. The highest BCUT2D eigenvalue weighted by Crippen LogP contribution is 2.43. The Labute approximate surface area is 268 Å². The molecule has 1 N–H and O–H groups in total. The molecule has 12 heteroatoms. The summed E-state index contributed by atoms with van der Waals surface area (Å²) >= 11 is 6.51. The third kappa shape index (κ3) is 8.30. The van der Waals surface area contributed by atoms with Crippen LogP contribution in [0.3, 0.4) is 0 Å². The van der Waals surface area contributed by atoms with Gasteiger partial charge >= 0.3 is 6.01 Å². The van der Waals surface area contributed by atoms with Gasteiger partial charge in [0.15, 0.2) is 5.82 Å². The molecule has 0 saturated carbocycles. The van der Waals surface area contributed by atoms with Crippen molar-refractivity contribution in [2.75, 3.05) is 50.8 Å². The fourth-order valence-corrected chi connectivity index (χ4v) is 5.91. The van der Waals surface area contributed by atoms with E-state index in [2.05, 4.69) is 28.4 Å². The second kappa shape index (κ2) is 15.8. The number of fused-ring (bicyclic) bond motifs is 1. The summed E-state index contributed by atoms with van der Waals surface area (Å²) in [6, 6.07) is 5.12. The topological polar surface area (TPSA) is 65.0 Å². The zero-order valence-corrected chi connectivity index (χ0v) is 27.7. The summed E-state index contributed by atoms with van der Waals surface area (Å²) in [5.74, 6) is -4.50. The predicted molar refractivity (Wildman–Crippen MR) is 174 cm³/mol. The number of hydrogen-bond acceptors (Lipinski definition) is 7. The van der Waals surface area contributed by atoms with Crippen LogP contribution in [0.25, 0.3) is 22.0 Å². The molecule has 0 aliphatic carbocycles. The predicted octanol–water partition coefficient (Wildman–Crippen LogP) is 8.14. The van der Waals surface area contributed by atoms with Crippen molar-refractivity contribution < 1.29 is 27.4 Å². The van der Waals surface area contributed by atoms with Gasteiger partial charge in [-0.1, -0.05) is 51.9 Å². The van der Waals surface area contributed by atoms with E-state index < -0.39 is 23.3 Å². The molecule has 3 aromatic rings. The van der Waals surface area contributed by atoms with Crippen molar-refractivity contribution in [2.24, 2.45) is 0 Å². The van der Waals surface area contributed by atoms with Gasteiger partial charge in [-0.2, -0.15) is 9.97 Å². The molecule has 0 amide bonds. The molecule has 2 saturated heterocycles. The number of hydrogen-bond donors (Lipinski definition) is 1. The number of halogens is 5. The molecule has 1 atom stereocenters. The lowest BCUT2D eigenvalue weighted by molar-refractivity contribution is 0.0118. The maximum Gasteiger partial charge on any atom is 0.319 e. The van der Waals surface area contributed by atoms with E-state index in [1.807, 2.05) is 39.5 Å². The van der Waals surface area contributed by atoms with Crippen LogP contribution in [0.15, 0.2) is 36.5 Å². The van der Waals surface area contributed by atoms with Gasteiger partial charge in [0.1, 0.15) is 22.9 Å². The minimum Gasteiger partial charge on any atom is -0.507 e. The summed E-state index contributed by atoms with van der Waals surface area (Å²) in [6.45, 7) is 18.4. The van der Waals surface area contributed by atoms with E-state index in [1.54, 1.807) is 4.90 Å². The molecule has 1 unspecified atom stereocenters. The summed E-state index contributed by atoms with van der Waals surface area (Å²) in [7, 11) is 0. The van der Waals surface area contributed by atoms with Gasteiger partial charge < -0.3 is 19.6 Å². The molecule has 248 valence electrons. The molecular weight excluding hydrogens is 610 g/mol. The Morgan fingerprint density at radius 1 is 1.11 bits per heavy atom. The number of rotatable bonds is 8. The van der Waals surface area contributed by atoms with Crippen LogP contribution in [0, 0.1) is 11.6 Å². The van der Waals surface area contributed by atoms with Crippen molar-refractivity contribution in [3.63, 3.8) is 0 Å². The normalized spacial score (nSPS) is 17.8. The largest absolute Gasteiger partial charge is 0.507 e. The Morgan fingerprint density at radius 3 is 2.42 bits per heavy atom. The molecule has 7 nitrogen and oxygen atoms in total. The molecule has 1 aromatic heterocycles. The van der Waals surface area contributed by atoms with Crippen molar-refractivity contribution in [3.8, 4) is 22.9 Å². The molecule has 2 fully saturated rings. The van der Waals surface area contributed by atoms with Crippen molar-refractivity contribution in [2.45, 2.75) is 66.3 Å². The Bertz CT molecular complexity index is 1450. The lowest BCUT2D eigenvalue weighted by Crippen LogP contribution is -2.51. The van der Waals surface area contributed by atoms with E-state index in [1.165, 1.54) is 18.2 Å². The first-order chi connectivity index (χ1) is 21.4. The first-order valence-electron chi connectivity index (χ1n) is 15.5. The average molecular weight is 654 g/mol. The van der Waals surface area contributed by atoms with Crippen LogP contribution in [-0.2, 0) is 0 Å². The summed E-state index contributed by atoms with van der Waals surface area (Å²) in [6.07, 6.45) is 0.280. The van der Waals surface area contributed by atoms with Crippen LogP contribution in [0.4, 0.5) is 23.4 Å². The quantitative estimate of drug-likeness (QED) is 0.194. The van der Waals surface area contributed by atoms with Gasteiger partial charge in [-0.25, -0.2) is 17.6 Å². The number of ether oxygens (including phenoxy) is 1. The fourth-order valence-electron chi connectivity index (χ4n) is 5.62. The van der Waals surface area contributed by atoms with E-state index >= 15 is 4.39 Å². The van der Waals surface area contributed by atoms with Gasteiger partial charge in [0.25, 0.3) is 5.92 Å². The van der Waals surface area contributed by atoms with Crippen molar-refractivity contribution >= 4 is 28.3 Å². The first-order valence-corrected chi connectivity index (χ1v) is 15.9. The highest BCUT2D eigenvalue weighted by Gasteiger charge is 2.37. The lowest BCUT2D eigenvalue weighted by Gasteiger charge is -2.42. The number of phenolic OH excluding ortho intramolecular Hbond substituents is 1. The zero-order chi connectivity index (χ0) is 33.5. The van der Waals surface area contributed by atoms with Crippen LogP contribution in [0.5, 0.6) is 11.8 Å². The van der Waals surface area contributed by atoms with Crippen LogP contribution >= 0.6 is 11.6 Å². The Hall–Kier alpha value is -3.31. The fraction of sp³-hybridized carbons (Fsp3) is 0.515. The highest BCUT2D eigenvalue weighted by molar-refractivity contribution is 6.34. The SMILES string of the molecule is C=C(C)N1CCN(c2nc(OCCCN3CCC(F)(F)C3)nc3c(F)c(-c4c(O)cccc4F)c(Cl)cc23)CC1C.CC.CC. The number of phenols is 1. The number of benzene rings is 2. The Balaban J connectivity index is 0.00000133. The van der Waals surface area contributed by atoms with Gasteiger partial charge in [0.2, 0.25) is 0 Å². The number of allylic oxidation sites excluding steroid dienone is 1. The highest BCUT2D eigenvalue weighted by atomic mass is 35.5. The van der Waals surface area contributed by atoms with E-state index in [9.17, 15) is 18.3 Å². The lowest BCUT2D eigenvalue weighted by atomic mass is 10.0. The molecule has 3 heterocycles. The minimum absolute atomic E-state index is 0.0872. The average Bonchev–Trinajstić information content (AvgIpc) is 3.36. The summed E-state index contributed by atoms with van der Waals surface area (Å²) in [5.41, 5.74) is 0.112. The molecule has 5 rings (SSSR count). The first kappa shape index (κ1) is 36.2. The van der Waals surface area contributed by atoms with Crippen LogP contribution < -0.4 is 9.64 Å². The Kier molecular flexibility index (Phi) is 12.7. The molecule has 0 spiro atoms. The third-order valence-electron chi connectivity index (χ3n) is 7.60. The van der Waals surface area contributed by atoms with Crippen LogP contribution in [0.1, 0.15) is 54.4 Å². The summed E-state index contributed by atoms with van der Waals surface area (Å²) in [5, 5.41) is 10.6. The molecule has 2 aromatic carbocycles. The van der Waals surface area contributed by atoms with Gasteiger partial charge in [-0.3, -0.25) is 4.90 Å². The molecule has 2 aliphatic rings. The van der Waals surface area contributed by atoms with Crippen molar-refractivity contribution in [1.29, 1.82) is 0 Å².